The Kier molecular flexibility index (Phi) is 0.805. The minimum absolute atomic E-state index is 0.139. The molecule has 39 valence electrons. The van der Waals surface area contributed by atoms with Crippen LogP contribution < -0.4 is 0 Å². The molecule has 2 unspecified atom stereocenters. The van der Waals surface area contributed by atoms with E-state index in [2.05, 4.69) is 0 Å². The zero-order valence-electron chi connectivity index (χ0n) is 4.09. The summed E-state index contributed by atoms with van der Waals surface area (Å²) in [5, 5.41) is 8.19. The molecule has 2 atom stereocenters. The second-order valence-corrected chi connectivity index (χ2v) is 1.92. The molecule has 0 amide bonds. The first kappa shape index (κ1) is 4.62. The maximum Gasteiger partial charge on any atom is 0.307 e. The number of hydrogen-bond donors (Lipinski definition) is 1. The maximum absolute atomic E-state index is 9.94. The second-order valence-electron chi connectivity index (χ2n) is 1.92. The smallest absolute Gasteiger partial charge is 0.307 e. The van der Waals surface area contributed by atoms with Crippen LogP contribution in [0.5, 0.6) is 0 Å². The topological polar surface area (TPSA) is 37.3 Å². The predicted molar refractivity (Wildman–Crippen MR) is 24.6 cm³/mol. The SMILES string of the molecule is CC1[CH]C1C(=O)O. The second kappa shape index (κ2) is 1.22. The Morgan fingerprint density at radius 1 is 1.86 bits per heavy atom. The van der Waals surface area contributed by atoms with E-state index < -0.39 is 5.97 Å². The molecule has 1 N–H and O–H groups in total. The van der Waals surface area contributed by atoms with Gasteiger partial charge in [0.1, 0.15) is 0 Å². The van der Waals surface area contributed by atoms with E-state index in [4.69, 9.17) is 5.11 Å². The van der Waals surface area contributed by atoms with Crippen LogP contribution in [0.4, 0.5) is 0 Å². The fourth-order valence-corrected chi connectivity index (χ4v) is 0.570. The van der Waals surface area contributed by atoms with Crippen LogP contribution >= 0.6 is 0 Å². The van der Waals surface area contributed by atoms with Crippen LogP contribution in [0.2, 0.25) is 0 Å². The number of carbonyl (C=O) groups is 1. The van der Waals surface area contributed by atoms with E-state index in [1.807, 2.05) is 13.3 Å². The summed E-state index contributed by atoms with van der Waals surface area (Å²) in [7, 11) is 0. The van der Waals surface area contributed by atoms with Crippen molar-refractivity contribution in [1.29, 1.82) is 0 Å². The molecule has 1 fully saturated rings. The van der Waals surface area contributed by atoms with Crippen molar-refractivity contribution in [2.45, 2.75) is 6.92 Å². The molecule has 1 aliphatic carbocycles. The van der Waals surface area contributed by atoms with E-state index in [-0.39, 0.29) is 5.92 Å². The van der Waals surface area contributed by atoms with Gasteiger partial charge in [0.15, 0.2) is 0 Å². The van der Waals surface area contributed by atoms with Gasteiger partial charge in [-0.05, 0) is 12.3 Å². The van der Waals surface area contributed by atoms with Gasteiger partial charge in [-0.25, -0.2) is 0 Å². The molecular formula is C5H7O2. The summed E-state index contributed by atoms with van der Waals surface area (Å²) in [6.07, 6.45) is 1.81. The van der Waals surface area contributed by atoms with Gasteiger partial charge in [0.25, 0.3) is 0 Å². The van der Waals surface area contributed by atoms with Crippen molar-refractivity contribution in [1.82, 2.24) is 0 Å². The molecule has 0 aromatic carbocycles. The molecule has 2 nitrogen and oxygen atoms in total. The molecule has 0 saturated heterocycles. The predicted octanol–water partition coefficient (Wildman–Crippen LogP) is 0.541. The van der Waals surface area contributed by atoms with Crippen molar-refractivity contribution in [2.24, 2.45) is 11.8 Å². The number of rotatable bonds is 1. The Labute approximate surface area is 42.1 Å². The molecule has 0 spiro atoms. The molecule has 0 aromatic rings. The third-order valence-corrected chi connectivity index (χ3v) is 1.22. The van der Waals surface area contributed by atoms with Crippen LogP contribution in [-0.4, -0.2) is 11.1 Å². The lowest BCUT2D eigenvalue weighted by atomic mass is 10.3. The van der Waals surface area contributed by atoms with E-state index in [1.54, 1.807) is 0 Å². The van der Waals surface area contributed by atoms with E-state index in [1.165, 1.54) is 0 Å². The van der Waals surface area contributed by atoms with Crippen LogP contribution in [0.1, 0.15) is 6.92 Å². The van der Waals surface area contributed by atoms with Gasteiger partial charge in [-0.15, -0.1) is 0 Å². The van der Waals surface area contributed by atoms with Crippen molar-refractivity contribution in [3.8, 4) is 0 Å². The molecular weight excluding hydrogens is 92.1 g/mol. The van der Waals surface area contributed by atoms with Crippen LogP contribution in [0.3, 0.4) is 0 Å². The average molecular weight is 99.1 g/mol. The molecule has 0 aromatic heterocycles. The lowest BCUT2D eigenvalue weighted by molar-refractivity contribution is -0.138. The van der Waals surface area contributed by atoms with Crippen LogP contribution in [0, 0.1) is 18.3 Å². The Morgan fingerprint density at radius 2 is 2.29 bits per heavy atom. The Balaban J connectivity index is 2.33. The Morgan fingerprint density at radius 3 is 2.29 bits per heavy atom. The van der Waals surface area contributed by atoms with E-state index >= 15 is 0 Å². The third-order valence-electron chi connectivity index (χ3n) is 1.22. The molecule has 1 saturated carbocycles. The molecule has 2 heteroatoms. The molecule has 1 aliphatic rings. The first-order valence-electron chi connectivity index (χ1n) is 2.29. The van der Waals surface area contributed by atoms with Crippen LogP contribution in [-0.2, 0) is 4.79 Å². The summed E-state index contributed by atoms with van der Waals surface area (Å²) in [6, 6.07) is 0. The van der Waals surface area contributed by atoms with Crippen molar-refractivity contribution < 1.29 is 9.90 Å². The maximum atomic E-state index is 9.94. The zero-order valence-corrected chi connectivity index (χ0v) is 4.09. The summed E-state index contributed by atoms with van der Waals surface area (Å²) >= 11 is 0. The summed E-state index contributed by atoms with van der Waals surface area (Å²) in [5.41, 5.74) is 0. The normalized spacial score (nSPS) is 37.9. The lowest BCUT2D eigenvalue weighted by Crippen LogP contribution is -1.97. The number of carboxylic acid groups (broad SMARTS) is 1. The minimum atomic E-state index is -0.687. The highest BCUT2D eigenvalue weighted by Gasteiger charge is 2.39. The first-order valence-corrected chi connectivity index (χ1v) is 2.29. The van der Waals surface area contributed by atoms with E-state index in [0.717, 1.165) is 0 Å². The van der Waals surface area contributed by atoms with Crippen LogP contribution in [0.25, 0.3) is 0 Å². The standard InChI is InChI=1S/C5H7O2/c1-3-2-4(3)5(6)7/h2-4H,1H3,(H,6,7). The summed E-state index contributed by atoms with van der Waals surface area (Å²) in [4.78, 5) is 9.94. The molecule has 1 rings (SSSR count). The van der Waals surface area contributed by atoms with Crippen molar-refractivity contribution in [2.75, 3.05) is 0 Å². The molecule has 0 bridgehead atoms. The highest BCUT2D eigenvalue weighted by molar-refractivity contribution is 5.76. The average Bonchev–Trinajstić information content (AvgIpc) is 2.17. The number of aliphatic carboxylic acids is 1. The first-order chi connectivity index (χ1) is 3.22. The Bertz CT molecular complexity index is 98.3. The van der Waals surface area contributed by atoms with Crippen molar-refractivity contribution in [3.05, 3.63) is 6.42 Å². The van der Waals surface area contributed by atoms with Gasteiger partial charge in [-0.2, -0.15) is 0 Å². The number of hydrogen-bond acceptors (Lipinski definition) is 1. The van der Waals surface area contributed by atoms with Gasteiger partial charge < -0.3 is 5.11 Å². The minimum Gasteiger partial charge on any atom is -0.481 e. The number of carboxylic acids is 1. The Hall–Kier alpha value is -0.530. The van der Waals surface area contributed by atoms with E-state index in [0.29, 0.717) is 5.92 Å². The largest absolute Gasteiger partial charge is 0.481 e. The van der Waals surface area contributed by atoms with Crippen molar-refractivity contribution in [3.63, 3.8) is 0 Å². The summed E-state index contributed by atoms with van der Waals surface area (Å²) in [6.45, 7) is 1.90. The van der Waals surface area contributed by atoms with Crippen molar-refractivity contribution >= 4 is 5.97 Å². The van der Waals surface area contributed by atoms with Gasteiger partial charge in [-0.3, -0.25) is 4.79 Å². The highest BCUT2D eigenvalue weighted by Crippen LogP contribution is 2.35. The highest BCUT2D eigenvalue weighted by atomic mass is 16.4. The van der Waals surface area contributed by atoms with Gasteiger partial charge in [0, 0.05) is 0 Å². The third kappa shape index (κ3) is 0.734. The van der Waals surface area contributed by atoms with Gasteiger partial charge in [0.05, 0.1) is 5.92 Å². The van der Waals surface area contributed by atoms with E-state index in [9.17, 15) is 4.79 Å². The van der Waals surface area contributed by atoms with Crippen LogP contribution in [0.15, 0.2) is 0 Å². The zero-order chi connectivity index (χ0) is 5.44. The molecule has 1 radical (unpaired) electrons. The summed E-state index contributed by atoms with van der Waals surface area (Å²) in [5.74, 6) is -0.509. The van der Waals surface area contributed by atoms with Gasteiger partial charge in [0.2, 0.25) is 0 Å². The molecule has 7 heavy (non-hydrogen) atoms. The molecule has 0 heterocycles. The fraction of sp³-hybridized carbons (Fsp3) is 0.600. The molecule has 0 aliphatic heterocycles. The quantitative estimate of drug-likeness (QED) is 0.521. The summed E-state index contributed by atoms with van der Waals surface area (Å²) < 4.78 is 0. The van der Waals surface area contributed by atoms with Gasteiger partial charge in [-0.1, -0.05) is 6.92 Å². The fourth-order valence-electron chi connectivity index (χ4n) is 0.570. The van der Waals surface area contributed by atoms with Gasteiger partial charge >= 0.3 is 5.97 Å². The lowest BCUT2D eigenvalue weighted by Gasteiger charge is -1.79. The monoisotopic (exact) mass is 99.0 g/mol.